The number of hydrogen-bond acceptors (Lipinski definition) is 4. The fourth-order valence-electron chi connectivity index (χ4n) is 2.48. The summed E-state index contributed by atoms with van der Waals surface area (Å²) >= 11 is 0. The molecule has 1 aromatic heterocycles. The van der Waals surface area contributed by atoms with Gasteiger partial charge in [-0.15, -0.1) is 0 Å². The van der Waals surface area contributed by atoms with Gasteiger partial charge >= 0.3 is 0 Å². The number of quaternary nitrogens is 1. The standard InChI is InChI=1S/C14H17N5O2/c1-18-6-8-19(9-7-18)17-14(21)12-10-4-2-3-5-11(10)13(20)16-15-12/h2-5H,6-9H2,1H3,(H,16,20)(H,17,21)/p+1. The number of carbonyl (C=O) groups is 1. The fraction of sp³-hybridized carbons (Fsp3) is 0.357. The molecule has 0 saturated carbocycles. The van der Waals surface area contributed by atoms with Crippen LogP contribution in [-0.2, 0) is 0 Å². The van der Waals surface area contributed by atoms with Crippen LogP contribution in [0.15, 0.2) is 29.1 Å². The van der Waals surface area contributed by atoms with Gasteiger partial charge in [0.25, 0.3) is 11.5 Å². The molecule has 21 heavy (non-hydrogen) atoms. The highest BCUT2D eigenvalue weighted by Crippen LogP contribution is 2.12. The SMILES string of the molecule is C[NH+]1CCN(NC(=O)c2n[nH]c(=O)c3ccccc23)CC1. The Kier molecular flexibility index (Phi) is 3.68. The summed E-state index contributed by atoms with van der Waals surface area (Å²) in [6.45, 7) is 3.58. The lowest BCUT2D eigenvalue weighted by molar-refractivity contribution is -0.884. The number of H-pyrrole nitrogens is 1. The number of piperazine rings is 1. The first-order valence-electron chi connectivity index (χ1n) is 7.00. The molecule has 0 aliphatic carbocycles. The van der Waals surface area contributed by atoms with E-state index in [1.54, 1.807) is 24.3 Å². The van der Waals surface area contributed by atoms with Crippen LogP contribution in [0.5, 0.6) is 0 Å². The molecule has 1 aliphatic rings. The average Bonchev–Trinajstić information content (AvgIpc) is 2.50. The number of fused-ring (bicyclic) bond motifs is 1. The predicted molar refractivity (Wildman–Crippen MR) is 78.0 cm³/mol. The first-order valence-corrected chi connectivity index (χ1v) is 7.00. The van der Waals surface area contributed by atoms with Crippen LogP contribution in [0, 0.1) is 0 Å². The van der Waals surface area contributed by atoms with E-state index in [9.17, 15) is 9.59 Å². The number of aromatic nitrogens is 2. The minimum atomic E-state index is -0.290. The van der Waals surface area contributed by atoms with Crippen LogP contribution in [0.25, 0.3) is 10.8 Å². The molecule has 1 aliphatic heterocycles. The summed E-state index contributed by atoms with van der Waals surface area (Å²) in [7, 11) is 2.14. The molecule has 110 valence electrons. The Morgan fingerprint density at radius 2 is 1.95 bits per heavy atom. The third-order valence-electron chi connectivity index (χ3n) is 3.79. The number of amides is 1. The number of rotatable bonds is 2. The lowest BCUT2D eigenvalue weighted by Gasteiger charge is -2.29. The molecule has 0 bridgehead atoms. The Hall–Kier alpha value is -2.25. The quantitative estimate of drug-likeness (QED) is 0.621. The maximum absolute atomic E-state index is 12.4. The predicted octanol–water partition coefficient (Wildman–Crippen LogP) is -1.60. The van der Waals surface area contributed by atoms with Crippen LogP contribution >= 0.6 is 0 Å². The largest absolute Gasteiger partial charge is 0.335 e. The van der Waals surface area contributed by atoms with Crippen LogP contribution < -0.4 is 15.9 Å². The van der Waals surface area contributed by atoms with Crippen molar-refractivity contribution in [2.24, 2.45) is 0 Å². The van der Waals surface area contributed by atoms with E-state index < -0.39 is 0 Å². The van der Waals surface area contributed by atoms with E-state index in [4.69, 9.17) is 0 Å². The molecule has 2 heterocycles. The molecule has 3 rings (SSSR count). The van der Waals surface area contributed by atoms with E-state index in [1.165, 1.54) is 4.90 Å². The monoisotopic (exact) mass is 288 g/mol. The van der Waals surface area contributed by atoms with E-state index in [2.05, 4.69) is 22.7 Å². The van der Waals surface area contributed by atoms with Gasteiger partial charge in [-0.2, -0.15) is 5.10 Å². The molecule has 7 heteroatoms. The van der Waals surface area contributed by atoms with Crippen molar-refractivity contribution in [1.82, 2.24) is 20.6 Å². The van der Waals surface area contributed by atoms with Crippen molar-refractivity contribution in [3.63, 3.8) is 0 Å². The van der Waals surface area contributed by atoms with Crippen molar-refractivity contribution in [2.75, 3.05) is 33.2 Å². The smallest absolute Gasteiger partial charge is 0.286 e. The van der Waals surface area contributed by atoms with Crippen LogP contribution in [-0.4, -0.2) is 54.3 Å². The van der Waals surface area contributed by atoms with Crippen LogP contribution in [0.3, 0.4) is 0 Å². The van der Waals surface area contributed by atoms with Gasteiger partial charge in [-0.25, -0.2) is 10.1 Å². The van der Waals surface area contributed by atoms with Gasteiger partial charge in [-0.1, -0.05) is 18.2 Å². The molecule has 1 amide bonds. The Labute approximate surface area is 121 Å². The summed E-state index contributed by atoms with van der Waals surface area (Å²) in [5, 5.41) is 9.22. The molecule has 0 unspecified atom stereocenters. The van der Waals surface area contributed by atoms with E-state index in [1.807, 2.05) is 5.01 Å². The zero-order chi connectivity index (χ0) is 14.8. The van der Waals surface area contributed by atoms with E-state index in [0.29, 0.717) is 10.8 Å². The average molecular weight is 288 g/mol. The molecule has 7 nitrogen and oxygen atoms in total. The minimum Gasteiger partial charge on any atom is -0.335 e. The number of carbonyl (C=O) groups excluding carboxylic acids is 1. The highest BCUT2D eigenvalue weighted by atomic mass is 16.2. The maximum atomic E-state index is 12.4. The van der Waals surface area contributed by atoms with Gasteiger partial charge in [0.1, 0.15) is 0 Å². The number of aromatic amines is 1. The first-order chi connectivity index (χ1) is 10.1. The van der Waals surface area contributed by atoms with Gasteiger partial charge in [0, 0.05) is 5.39 Å². The fourth-order valence-corrected chi connectivity index (χ4v) is 2.48. The molecule has 1 saturated heterocycles. The van der Waals surface area contributed by atoms with E-state index >= 15 is 0 Å². The summed E-state index contributed by atoms with van der Waals surface area (Å²) in [6, 6.07) is 6.98. The summed E-state index contributed by atoms with van der Waals surface area (Å²) < 4.78 is 0. The van der Waals surface area contributed by atoms with Crippen molar-refractivity contribution < 1.29 is 9.69 Å². The van der Waals surface area contributed by atoms with Crippen molar-refractivity contribution >= 4 is 16.7 Å². The van der Waals surface area contributed by atoms with Crippen molar-refractivity contribution in [1.29, 1.82) is 0 Å². The molecule has 0 radical (unpaired) electrons. The van der Waals surface area contributed by atoms with Gasteiger partial charge in [-0.05, 0) is 6.07 Å². The van der Waals surface area contributed by atoms with Crippen molar-refractivity contribution in [3.8, 4) is 0 Å². The van der Waals surface area contributed by atoms with Gasteiger partial charge in [0.15, 0.2) is 5.69 Å². The highest BCUT2D eigenvalue weighted by molar-refractivity contribution is 6.04. The zero-order valence-corrected chi connectivity index (χ0v) is 11.8. The van der Waals surface area contributed by atoms with Gasteiger partial charge in [0.2, 0.25) is 0 Å². The number of hydrogen-bond donors (Lipinski definition) is 3. The molecule has 2 aromatic rings. The Morgan fingerprint density at radius 1 is 1.29 bits per heavy atom. The number of benzene rings is 1. The normalized spacial score (nSPS) is 17.0. The summed E-state index contributed by atoms with van der Waals surface area (Å²) in [4.78, 5) is 25.5. The third-order valence-corrected chi connectivity index (χ3v) is 3.79. The maximum Gasteiger partial charge on any atom is 0.286 e. The Bertz CT molecular complexity index is 719. The second kappa shape index (κ2) is 5.63. The zero-order valence-electron chi connectivity index (χ0n) is 11.8. The lowest BCUT2D eigenvalue weighted by atomic mass is 10.1. The summed E-state index contributed by atoms with van der Waals surface area (Å²) in [5.74, 6) is -0.290. The molecule has 0 spiro atoms. The molecule has 3 N–H and O–H groups in total. The summed E-state index contributed by atoms with van der Waals surface area (Å²) in [5.41, 5.74) is 2.82. The van der Waals surface area contributed by atoms with Crippen molar-refractivity contribution in [2.45, 2.75) is 0 Å². The Morgan fingerprint density at radius 3 is 2.67 bits per heavy atom. The second-order valence-corrected chi connectivity index (χ2v) is 5.33. The Balaban J connectivity index is 1.85. The van der Waals surface area contributed by atoms with Gasteiger partial charge in [-0.3, -0.25) is 15.0 Å². The molecular weight excluding hydrogens is 270 g/mol. The topological polar surface area (TPSA) is 82.5 Å². The highest BCUT2D eigenvalue weighted by Gasteiger charge is 2.21. The lowest BCUT2D eigenvalue weighted by Crippen LogP contribution is -3.12. The second-order valence-electron chi connectivity index (χ2n) is 5.33. The molecule has 0 atom stereocenters. The summed E-state index contributed by atoms with van der Waals surface area (Å²) in [6.07, 6.45) is 0. The van der Waals surface area contributed by atoms with E-state index in [-0.39, 0.29) is 17.2 Å². The number of hydrazine groups is 1. The first kappa shape index (κ1) is 13.7. The number of nitrogens with one attached hydrogen (secondary N) is 3. The molecule has 1 fully saturated rings. The van der Waals surface area contributed by atoms with Crippen LogP contribution in [0.4, 0.5) is 0 Å². The van der Waals surface area contributed by atoms with Crippen LogP contribution in [0.2, 0.25) is 0 Å². The molecule has 1 aromatic carbocycles. The minimum absolute atomic E-state index is 0.247. The van der Waals surface area contributed by atoms with Crippen molar-refractivity contribution in [3.05, 3.63) is 40.3 Å². The van der Waals surface area contributed by atoms with Gasteiger partial charge < -0.3 is 4.90 Å². The number of nitrogens with zero attached hydrogens (tertiary/aromatic N) is 2. The van der Waals surface area contributed by atoms with E-state index in [0.717, 1.165) is 26.2 Å². The third kappa shape index (κ3) is 2.79. The molecular formula is C14H18N5O2+. The number of likely N-dealkylation sites (N-methyl/N-ethyl adjacent to an activating group) is 1. The van der Waals surface area contributed by atoms with Crippen LogP contribution in [0.1, 0.15) is 10.5 Å². The van der Waals surface area contributed by atoms with Gasteiger partial charge in [0.05, 0.1) is 38.6 Å².